The number of fused-ring (bicyclic) bond motifs is 1. The Kier molecular flexibility index (Phi) is 9.36. The molecule has 1 aliphatic rings. The number of benzene rings is 4. The molecular weight excluding hydrogens is 612 g/mol. The van der Waals surface area contributed by atoms with Crippen molar-refractivity contribution in [3.8, 4) is 0 Å². The number of aromatic amines is 1. The maximum absolute atomic E-state index is 13.7. The van der Waals surface area contributed by atoms with Gasteiger partial charge >= 0.3 is 6.03 Å². The second kappa shape index (κ2) is 14.3. The third kappa shape index (κ3) is 6.38. The van der Waals surface area contributed by atoms with E-state index in [0.29, 0.717) is 32.1 Å². The maximum atomic E-state index is 13.7. The zero-order valence-corrected chi connectivity index (χ0v) is 27.7. The van der Waals surface area contributed by atoms with E-state index in [4.69, 9.17) is 19.6 Å². The number of pyridine rings is 1. The Labute approximate surface area is 286 Å². The first-order chi connectivity index (χ1) is 24.1. The summed E-state index contributed by atoms with van der Waals surface area (Å²) < 4.78 is 11.4. The molecule has 0 aliphatic carbocycles. The number of rotatable bonds is 10. The Morgan fingerprint density at radius 3 is 2.04 bits per heavy atom. The van der Waals surface area contributed by atoms with Crippen molar-refractivity contribution in [3.63, 3.8) is 0 Å². The van der Waals surface area contributed by atoms with Gasteiger partial charge in [0.1, 0.15) is 5.82 Å². The molecular formula is C40H40N6O3. The maximum Gasteiger partial charge on any atom is 0.320 e. The molecule has 0 radical (unpaired) electrons. The SMILES string of the molecule is COC[C@@H](NC(=O)Nc1cc2[nH]nc(N3CCOC(C)C3)c2c(C(c2ccccc2)(c2ccccc2)c2ccccc2)n1)c1ccccc1. The molecule has 49 heavy (non-hydrogen) atoms. The quantitative estimate of drug-likeness (QED) is 0.137. The van der Waals surface area contributed by atoms with Gasteiger partial charge in [-0.1, -0.05) is 121 Å². The van der Waals surface area contributed by atoms with Crippen molar-refractivity contribution in [1.29, 1.82) is 0 Å². The van der Waals surface area contributed by atoms with Crippen LogP contribution in [-0.2, 0) is 14.9 Å². The number of nitrogens with zero attached hydrogens (tertiary/aromatic N) is 3. The van der Waals surface area contributed by atoms with Crippen LogP contribution in [0.15, 0.2) is 127 Å². The molecule has 248 valence electrons. The standard InChI is InChI=1S/C40H40N6O3/c1-28-26-46(23-24-49-28)38-36-33(44-45-38)25-35(43-39(47)41-34(27-48-2)29-15-7-3-8-16-29)42-37(36)40(30-17-9-4-10-18-30,31-19-11-5-12-20-31)32-21-13-6-14-22-32/h3-22,25,28,34H,23-24,26-27H2,1-2H3,(H,44,45)(H2,41,42,43,47)/t28?,34-/m1/s1. The number of aromatic nitrogens is 3. The first-order valence-electron chi connectivity index (χ1n) is 16.6. The molecule has 3 N–H and O–H groups in total. The van der Waals surface area contributed by atoms with Gasteiger partial charge in [-0.3, -0.25) is 10.4 Å². The highest BCUT2D eigenvalue weighted by Crippen LogP contribution is 2.48. The van der Waals surface area contributed by atoms with Crippen molar-refractivity contribution in [3.05, 3.63) is 155 Å². The highest BCUT2D eigenvalue weighted by Gasteiger charge is 2.43. The Morgan fingerprint density at radius 2 is 1.49 bits per heavy atom. The molecule has 1 fully saturated rings. The number of carbonyl (C=O) groups excluding carboxylic acids is 1. The summed E-state index contributed by atoms with van der Waals surface area (Å²) in [6.45, 7) is 4.38. The van der Waals surface area contributed by atoms with E-state index in [9.17, 15) is 4.79 Å². The van der Waals surface area contributed by atoms with E-state index in [1.807, 2.05) is 54.6 Å². The van der Waals surface area contributed by atoms with Crippen LogP contribution in [0.25, 0.3) is 10.9 Å². The Hall–Kier alpha value is -5.51. The number of nitrogens with one attached hydrogen (secondary N) is 3. The number of amides is 2. The van der Waals surface area contributed by atoms with E-state index in [2.05, 4.69) is 100 Å². The van der Waals surface area contributed by atoms with Gasteiger partial charge in [-0.2, -0.15) is 5.10 Å². The highest BCUT2D eigenvalue weighted by atomic mass is 16.5. The van der Waals surface area contributed by atoms with Gasteiger partial charge in [0.05, 0.1) is 47.4 Å². The summed E-state index contributed by atoms with van der Waals surface area (Å²) in [6.07, 6.45) is 0.0494. The number of hydrogen-bond donors (Lipinski definition) is 3. The minimum atomic E-state index is -0.880. The van der Waals surface area contributed by atoms with Gasteiger partial charge in [0.25, 0.3) is 0 Å². The number of morpholine rings is 1. The fraction of sp³-hybridized carbons (Fsp3) is 0.225. The van der Waals surface area contributed by atoms with Crippen LogP contribution in [0.2, 0.25) is 0 Å². The summed E-state index contributed by atoms with van der Waals surface area (Å²) in [7, 11) is 1.62. The molecule has 3 heterocycles. The number of hydrogen-bond acceptors (Lipinski definition) is 6. The fourth-order valence-electron chi connectivity index (χ4n) is 6.96. The van der Waals surface area contributed by atoms with Crippen LogP contribution in [0.3, 0.4) is 0 Å². The summed E-state index contributed by atoms with van der Waals surface area (Å²) in [6, 6.07) is 42.2. The average Bonchev–Trinajstić information content (AvgIpc) is 3.58. The fourth-order valence-corrected chi connectivity index (χ4v) is 6.96. The molecule has 6 aromatic rings. The first-order valence-corrected chi connectivity index (χ1v) is 16.6. The molecule has 2 atom stereocenters. The predicted octanol–water partition coefficient (Wildman–Crippen LogP) is 7.07. The molecule has 1 aliphatic heterocycles. The molecule has 1 saturated heterocycles. The molecule has 0 bridgehead atoms. The van der Waals surface area contributed by atoms with Crippen LogP contribution < -0.4 is 15.5 Å². The van der Waals surface area contributed by atoms with Crippen molar-refractivity contribution in [2.75, 3.05) is 43.6 Å². The predicted molar refractivity (Wildman–Crippen MR) is 193 cm³/mol. The van der Waals surface area contributed by atoms with Gasteiger partial charge in [-0.25, -0.2) is 9.78 Å². The number of ether oxygens (including phenoxy) is 2. The van der Waals surface area contributed by atoms with E-state index in [-0.39, 0.29) is 12.1 Å². The topological polar surface area (TPSA) is 104 Å². The molecule has 1 unspecified atom stereocenters. The average molecular weight is 653 g/mol. The number of methoxy groups -OCH3 is 1. The molecule has 0 saturated carbocycles. The lowest BCUT2D eigenvalue weighted by Gasteiger charge is -2.37. The molecule has 9 heteroatoms. The van der Waals surface area contributed by atoms with E-state index in [1.54, 1.807) is 7.11 Å². The van der Waals surface area contributed by atoms with Gasteiger partial charge in [0.2, 0.25) is 0 Å². The molecule has 7 rings (SSSR count). The van der Waals surface area contributed by atoms with Gasteiger partial charge in [-0.15, -0.1) is 0 Å². The van der Waals surface area contributed by atoms with E-state index >= 15 is 0 Å². The van der Waals surface area contributed by atoms with Crippen LogP contribution in [0.4, 0.5) is 16.4 Å². The van der Waals surface area contributed by atoms with Gasteiger partial charge in [0, 0.05) is 26.3 Å². The number of urea groups is 1. The van der Waals surface area contributed by atoms with E-state index in [1.165, 1.54) is 0 Å². The summed E-state index contributed by atoms with van der Waals surface area (Å²) in [5.41, 5.74) is 4.69. The zero-order chi connectivity index (χ0) is 33.6. The van der Waals surface area contributed by atoms with Crippen molar-refractivity contribution in [1.82, 2.24) is 20.5 Å². The second-order valence-corrected chi connectivity index (χ2v) is 12.3. The zero-order valence-electron chi connectivity index (χ0n) is 27.7. The normalized spacial score (nSPS) is 15.6. The van der Waals surface area contributed by atoms with Crippen molar-refractivity contribution >= 4 is 28.6 Å². The van der Waals surface area contributed by atoms with E-state index in [0.717, 1.165) is 44.7 Å². The smallest absolute Gasteiger partial charge is 0.320 e. The Bertz CT molecular complexity index is 1890. The minimum absolute atomic E-state index is 0.0494. The molecule has 9 nitrogen and oxygen atoms in total. The number of H-pyrrole nitrogens is 1. The van der Waals surface area contributed by atoms with E-state index < -0.39 is 11.4 Å². The van der Waals surface area contributed by atoms with Crippen LogP contribution in [-0.4, -0.2) is 60.7 Å². The molecule has 0 spiro atoms. The lowest BCUT2D eigenvalue weighted by molar-refractivity contribution is 0.0530. The van der Waals surface area contributed by atoms with Crippen molar-refractivity contribution in [2.24, 2.45) is 0 Å². The summed E-state index contributed by atoms with van der Waals surface area (Å²) in [5.74, 6) is 1.20. The minimum Gasteiger partial charge on any atom is -0.382 e. The monoisotopic (exact) mass is 652 g/mol. The molecule has 2 aromatic heterocycles. The Morgan fingerprint density at radius 1 is 0.918 bits per heavy atom. The van der Waals surface area contributed by atoms with Gasteiger partial charge in [0.15, 0.2) is 5.82 Å². The lowest BCUT2D eigenvalue weighted by Crippen LogP contribution is -2.41. The highest BCUT2D eigenvalue weighted by molar-refractivity contribution is 5.98. The first kappa shape index (κ1) is 32.1. The van der Waals surface area contributed by atoms with Crippen molar-refractivity contribution < 1.29 is 14.3 Å². The van der Waals surface area contributed by atoms with Gasteiger partial charge < -0.3 is 19.7 Å². The molecule has 2 amide bonds. The van der Waals surface area contributed by atoms with Crippen LogP contribution in [0.5, 0.6) is 0 Å². The number of anilines is 2. The third-order valence-electron chi connectivity index (χ3n) is 9.12. The Balaban J connectivity index is 1.45. The lowest BCUT2D eigenvalue weighted by atomic mass is 9.66. The summed E-state index contributed by atoms with van der Waals surface area (Å²) in [4.78, 5) is 21.4. The van der Waals surface area contributed by atoms with Gasteiger partial charge in [-0.05, 0) is 29.2 Å². The van der Waals surface area contributed by atoms with Crippen LogP contribution in [0.1, 0.15) is 40.9 Å². The molecule has 4 aromatic carbocycles. The van der Waals surface area contributed by atoms with Crippen LogP contribution in [0, 0.1) is 0 Å². The summed E-state index contributed by atoms with van der Waals surface area (Å²) >= 11 is 0. The number of carbonyl (C=O) groups is 1. The summed E-state index contributed by atoms with van der Waals surface area (Å²) in [5, 5.41) is 15.2. The van der Waals surface area contributed by atoms with Crippen molar-refractivity contribution in [2.45, 2.75) is 24.5 Å². The third-order valence-corrected chi connectivity index (χ3v) is 9.12. The second-order valence-electron chi connectivity index (χ2n) is 12.3. The largest absolute Gasteiger partial charge is 0.382 e. The van der Waals surface area contributed by atoms with Crippen LogP contribution >= 0.6 is 0 Å².